The van der Waals surface area contributed by atoms with Gasteiger partial charge in [0.05, 0.1) is 12.8 Å². The number of amides is 3. The molecule has 1 rings (SSSR count). The summed E-state index contributed by atoms with van der Waals surface area (Å²) in [6.45, 7) is 6.33. The fraction of sp³-hybridized carbons (Fsp3) is 0.609. The van der Waals surface area contributed by atoms with Crippen LogP contribution < -0.4 is 5.32 Å². The number of carbonyl (C=O) groups excluding carboxylic acids is 3. The first-order valence-electron chi connectivity index (χ1n) is 10.8. The van der Waals surface area contributed by atoms with E-state index in [2.05, 4.69) is 18.8 Å². The van der Waals surface area contributed by atoms with Gasteiger partial charge in [-0.15, -0.1) is 6.58 Å². The molecule has 0 aromatic carbocycles. The van der Waals surface area contributed by atoms with Crippen LogP contribution in [0.2, 0.25) is 0 Å². The average molecular weight is 405 g/mol. The fourth-order valence-electron chi connectivity index (χ4n) is 3.14. The van der Waals surface area contributed by atoms with E-state index in [0.717, 1.165) is 51.4 Å². The lowest BCUT2D eigenvalue weighted by Crippen LogP contribution is -2.31. The van der Waals surface area contributed by atoms with Crippen LogP contribution in [0.5, 0.6) is 0 Å². The molecule has 29 heavy (non-hydrogen) atoms. The number of allylic oxidation sites excluding steroid dienone is 2. The van der Waals surface area contributed by atoms with E-state index in [1.54, 1.807) is 0 Å². The van der Waals surface area contributed by atoms with E-state index in [4.69, 9.17) is 4.74 Å². The molecule has 0 fully saturated rings. The Morgan fingerprint density at radius 2 is 1.86 bits per heavy atom. The number of hydrogen-bond donors (Lipinski definition) is 1. The van der Waals surface area contributed by atoms with Crippen LogP contribution >= 0.6 is 0 Å². The topological polar surface area (TPSA) is 75.7 Å². The lowest BCUT2D eigenvalue weighted by molar-refractivity contribution is -0.138. The van der Waals surface area contributed by atoms with Crippen molar-refractivity contribution in [1.82, 2.24) is 10.2 Å². The molecule has 0 aromatic rings. The molecule has 0 aromatic heterocycles. The monoisotopic (exact) mass is 404 g/mol. The minimum absolute atomic E-state index is 0.0671. The third-order valence-corrected chi connectivity index (χ3v) is 4.78. The highest BCUT2D eigenvalue weighted by atomic mass is 16.5. The van der Waals surface area contributed by atoms with Gasteiger partial charge in [-0.1, -0.05) is 38.3 Å². The zero-order valence-corrected chi connectivity index (χ0v) is 18.0. The SMILES string of the molecule is C=CCCCCCC(=O)NCCC/C=C1\C(OC)=CC(=O)N1C(=O)CCCCC. The summed E-state index contributed by atoms with van der Waals surface area (Å²) in [4.78, 5) is 37.7. The molecule has 0 saturated heterocycles. The van der Waals surface area contributed by atoms with Crippen molar-refractivity contribution in [3.8, 4) is 0 Å². The van der Waals surface area contributed by atoms with E-state index in [9.17, 15) is 14.4 Å². The molecule has 1 N–H and O–H groups in total. The molecule has 0 aliphatic carbocycles. The van der Waals surface area contributed by atoms with Gasteiger partial charge in [-0.05, 0) is 38.5 Å². The third kappa shape index (κ3) is 9.11. The van der Waals surface area contributed by atoms with Gasteiger partial charge in [0.25, 0.3) is 5.91 Å². The van der Waals surface area contributed by atoms with Gasteiger partial charge in [-0.3, -0.25) is 14.4 Å². The van der Waals surface area contributed by atoms with E-state index in [1.165, 1.54) is 18.1 Å². The maximum Gasteiger partial charge on any atom is 0.261 e. The summed E-state index contributed by atoms with van der Waals surface area (Å²) < 4.78 is 5.27. The molecule has 0 atom stereocenters. The van der Waals surface area contributed by atoms with Crippen LogP contribution in [-0.4, -0.2) is 36.3 Å². The molecule has 0 saturated carbocycles. The number of carbonyl (C=O) groups is 3. The summed E-state index contributed by atoms with van der Waals surface area (Å²) in [7, 11) is 1.49. The summed E-state index contributed by atoms with van der Waals surface area (Å²) in [5, 5.41) is 2.92. The first-order valence-corrected chi connectivity index (χ1v) is 10.8. The van der Waals surface area contributed by atoms with Crippen molar-refractivity contribution in [2.24, 2.45) is 0 Å². The number of rotatable bonds is 15. The Balaban J connectivity index is 2.43. The van der Waals surface area contributed by atoms with Gasteiger partial charge in [-0.2, -0.15) is 0 Å². The maximum absolute atomic E-state index is 12.5. The lowest BCUT2D eigenvalue weighted by Gasteiger charge is -2.18. The van der Waals surface area contributed by atoms with Crippen molar-refractivity contribution >= 4 is 17.7 Å². The second kappa shape index (κ2) is 14.6. The van der Waals surface area contributed by atoms with Gasteiger partial charge in [0.1, 0.15) is 5.76 Å². The standard InChI is InChI=1S/C23H36N2O4/c1-4-6-8-9-11-15-21(26)24-17-13-12-14-19-20(29-3)18-23(28)25(19)22(27)16-10-7-5-2/h4,14,18H,1,5-13,15-17H2,2-3H3,(H,24,26)/b19-14+. The van der Waals surface area contributed by atoms with Crippen molar-refractivity contribution in [3.63, 3.8) is 0 Å². The van der Waals surface area contributed by atoms with Gasteiger partial charge in [0, 0.05) is 25.5 Å². The molecule has 1 aliphatic heterocycles. The Morgan fingerprint density at radius 3 is 2.55 bits per heavy atom. The molecular formula is C23H36N2O4. The van der Waals surface area contributed by atoms with Gasteiger partial charge < -0.3 is 10.1 Å². The van der Waals surface area contributed by atoms with Crippen LogP contribution in [0.4, 0.5) is 0 Å². The molecule has 0 radical (unpaired) electrons. The van der Waals surface area contributed by atoms with Gasteiger partial charge >= 0.3 is 0 Å². The predicted molar refractivity (Wildman–Crippen MR) is 115 cm³/mol. The molecule has 6 nitrogen and oxygen atoms in total. The normalized spacial score (nSPS) is 14.8. The molecule has 162 valence electrons. The average Bonchev–Trinajstić information content (AvgIpc) is 3.03. The summed E-state index contributed by atoms with van der Waals surface area (Å²) in [6.07, 6.45) is 14.1. The zero-order valence-electron chi connectivity index (χ0n) is 18.0. The molecule has 3 amide bonds. The van der Waals surface area contributed by atoms with Crippen molar-refractivity contribution in [2.45, 2.75) is 77.6 Å². The van der Waals surface area contributed by atoms with Gasteiger partial charge in [0.15, 0.2) is 0 Å². The highest BCUT2D eigenvalue weighted by Crippen LogP contribution is 2.26. The predicted octanol–water partition coefficient (Wildman–Crippen LogP) is 4.38. The number of nitrogens with zero attached hydrogens (tertiary/aromatic N) is 1. The second-order valence-corrected chi connectivity index (χ2v) is 7.21. The minimum Gasteiger partial charge on any atom is -0.494 e. The smallest absolute Gasteiger partial charge is 0.261 e. The van der Waals surface area contributed by atoms with E-state index in [1.807, 2.05) is 12.2 Å². The van der Waals surface area contributed by atoms with Gasteiger partial charge in [-0.25, -0.2) is 4.90 Å². The highest BCUT2D eigenvalue weighted by Gasteiger charge is 2.32. The number of methoxy groups -OCH3 is 1. The number of hydrogen-bond acceptors (Lipinski definition) is 4. The number of nitrogens with one attached hydrogen (secondary N) is 1. The molecular weight excluding hydrogens is 368 g/mol. The number of imide groups is 1. The molecule has 0 bridgehead atoms. The number of ether oxygens (including phenoxy) is 1. The quantitative estimate of drug-likeness (QED) is 0.325. The lowest BCUT2D eigenvalue weighted by atomic mass is 10.1. The first-order chi connectivity index (χ1) is 14.0. The summed E-state index contributed by atoms with van der Waals surface area (Å²) in [5.41, 5.74) is 0.521. The first kappa shape index (κ1) is 24.7. The van der Waals surface area contributed by atoms with Crippen LogP contribution in [0, 0.1) is 0 Å². The Hall–Kier alpha value is -2.37. The largest absolute Gasteiger partial charge is 0.494 e. The minimum atomic E-state index is -0.348. The second-order valence-electron chi connectivity index (χ2n) is 7.21. The summed E-state index contributed by atoms with van der Waals surface area (Å²) >= 11 is 0. The Labute approximate surface area is 175 Å². The Bertz CT molecular complexity index is 622. The van der Waals surface area contributed by atoms with Gasteiger partial charge in [0.2, 0.25) is 11.8 Å². The van der Waals surface area contributed by atoms with Crippen LogP contribution in [-0.2, 0) is 19.1 Å². The van der Waals surface area contributed by atoms with Crippen molar-refractivity contribution in [1.29, 1.82) is 0 Å². The zero-order chi connectivity index (χ0) is 21.5. The van der Waals surface area contributed by atoms with Crippen molar-refractivity contribution < 1.29 is 19.1 Å². The molecule has 6 heteroatoms. The molecule has 1 aliphatic rings. The van der Waals surface area contributed by atoms with E-state index >= 15 is 0 Å². The van der Waals surface area contributed by atoms with Crippen LogP contribution in [0.1, 0.15) is 77.6 Å². The third-order valence-electron chi connectivity index (χ3n) is 4.78. The number of unbranched alkanes of at least 4 members (excludes halogenated alkanes) is 6. The van der Waals surface area contributed by atoms with Crippen LogP contribution in [0.3, 0.4) is 0 Å². The highest BCUT2D eigenvalue weighted by molar-refractivity contribution is 6.06. The Morgan fingerprint density at radius 1 is 1.10 bits per heavy atom. The van der Waals surface area contributed by atoms with E-state index in [0.29, 0.717) is 37.3 Å². The summed E-state index contributed by atoms with van der Waals surface area (Å²) in [5.74, 6) is -0.0537. The Kier molecular flexibility index (Phi) is 12.4. The maximum atomic E-state index is 12.5. The molecule has 0 unspecified atom stereocenters. The molecule has 0 spiro atoms. The van der Waals surface area contributed by atoms with Crippen LogP contribution in [0.25, 0.3) is 0 Å². The fourth-order valence-corrected chi connectivity index (χ4v) is 3.14. The van der Waals surface area contributed by atoms with Crippen LogP contribution in [0.15, 0.2) is 36.3 Å². The van der Waals surface area contributed by atoms with E-state index < -0.39 is 0 Å². The van der Waals surface area contributed by atoms with Crippen molar-refractivity contribution in [2.75, 3.05) is 13.7 Å². The summed E-state index contributed by atoms with van der Waals surface area (Å²) in [6, 6.07) is 0. The molecule has 1 heterocycles. The van der Waals surface area contributed by atoms with Crippen molar-refractivity contribution in [3.05, 3.63) is 36.3 Å². The van der Waals surface area contributed by atoms with E-state index in [-0.39, 0.29) is 17.7 Å².